The number of hydrogen-bond donors (Lipinski definition) is 1. The van der Waals surface area contributed by atoms with Crippen LogP contribution in [0.25, 0.3) is 0 Å². The van der Waals surface area contributed by atoms with E-state index in [1.807, 2.05) is 6.07 Å². The third-order valence-corrected chi connectivity index (χ3v) is 4.77. The van der Waals surface area contributed by atoms with Crippen LogP contribution in [0.15, 0.2) is 23.1 Å². The summed E-state index contributed by atoms with van der Waals surface area (Å²) in [6, 6.07) is 6.01. The molecule has 0 amide bonds. The number of rotatable bonds is 5. The molecule has 18 heavy (non-hydrogen) atoms. The van der Waals surface area contributed by atoms with Gasteiger partial charge in [-0.1, -0.05) is 11.6 Å². The molecule has 0 radical (unpaired) electrons. The Labute approximate surface area is 112 Å². The minimum absolute atomic E-state index is 0.00249. The summed E-state index contributed by atoms with van der Waals surface area (Å²) in [6.07, 6.45) is 0.573. The van der Waals surface area contributed by atoms with Crippen LogP contribution in [0.1, 0.15) is 12.0 Å². The van der Waals surface area contributed by atoms with E-state index in [1.165, 1.54) is 29.6 Å². The van der Waals surface area contributed by atoms with Crippen LogP contribution in [-0.2, 0) is 10.0 Å². The molecule has 5 nitrogen and oxygen atoms in total. The van der Waals surface area contributed by atoms with Crippen molar-refractivity contribution in [1.29, 1.82) is 5.26 Å². The van der Waals surface area contributed by atoms with Crippen LogP contribution < -0.4 is 5.73 Å². The highest BCUT2D eigenvalue weighted by Crippen LogP contribution is 2.25. The Hall–Kier alpha value is -1.13. The Kier molecular flexibility index (Phi) is 5.11. The molecule has 0 unspecified atom stereocenters. The van der Waals surface area contributed by atoms with Crippen LogP contribution in [0.3, 0.4) is 0 Å². The van der Waals surface area contributed by atoms with Gasteiger partial charge in [0, 0.05) is 13.6 Å². The summed E-state index contributed by atoms with van der Waals surface area (Å²) in [5.41, 5.74) is 5.67. The van der Waals surface area contributed by atoms with E-state index >= 15 is 0 Å². The second kappa shape index (κ2) is 6.16. The molecule has 1 aromatic carbocycles. The molecule has 2 N–H and O–H groups in total. The molecular weight excluding hydrogens is 274 g/mol. The Balaban J connectivity index is 3.09. The third kappa shape index (κ3) is 3.21. The zero-order chi connectivity index (χ0) is 13.8. The Morgan fingerprint density at radius 3 is 2.67 bits per heavy atom. The van der Waals surface area contributed by atoms with Crippen molar-refractivity contribution in [2.75, 3.05) is 20.1 Å². The standard InChI is InChI=1S/C11H14ClN3O2S/c1-15(6-2-5-13)18(16,17)11-4-3-9(8-14)7-10(11)12/h3-4,7H,2,5-6,13H2,1H3. The van der Waals surface area contributed by atoms with E-state index < -0.39 is 10.0 Å². The average molecular weight is 288 g/mol. The second-order valence-corrected chi connectivity index (χ2v) is 6.15. The van der Waals surface area contributed by atoms with E-state index in [2.05, 4.69) is 0 Å². The van der Waals surface area contributed by atoms with E-state index in [4.69, 9.17) is 22.6 Å². The molecule has 0 aromatic heterocycles. The fourth-order valence-corrected chi connectivity index (χ4v) is 3.11. The normalized spacial score (nSPS) is 11.5. The van der Waals surface area contributed by atoms with Crippen LogP contribution in [-0.4, -0.2) is 32.9 Å². The fraction of sp³-hybridized carbons (Fsp3) is 0.364. The number of hydrogen-bond acceptors (Lipinski definition) is 4. The highest BCUT2D eigenvalue weighted by Gasteiger charge is 2.23. The monoisotopic (exact) mass is 287 g/mol. The highest BCUT2D eigenvalue weighted by atomic mass is 35.5. The lowest BCUT2D eigenvalue weighted by Gasteiger charge is -2.17. The molecule has 0 aliphatic rings. The van der Waals surface area contributed by atoms with E-state index in [1.54, 1.807) is 0 Å². The van der Waals surface area contributed by atoms with Gasteiger partial charge in [-0.15, -0.1) is 0 Å². The maximum atomic E-state index is 12.2. The molecule has 1 rings (SSSR count). The van der Waals surface area contributed by atoms with Crippen LogP contribution in [0.5, 0.6) is 0 Å². The van der Waals surface area contributed by atoms with Gasteiger partial charge >= 0.3 is 0 Å². The fourth-order valence-electron chi connectivity index (χ4n) is 1.38. The SMILES string of the molecule is CN(CCCN)S(=O)(=O)c1ccc(C#N)cc1Cl. The van der Waals surface area contributed by atoms with Crippen molar-refractivity contribution in [3.63, 3.8) is 0 Å². The molecule has 0 aliphatic carbocycles. The van der Waals surface area contributed by atoms with Gasteiger partial charge in [-0.2, -0.15) is 5.26 Å². The summed E-state index contributed by atoms with van der Waals surface area (Å²) in [4.78, 5) is 0.00249. The number of benzene rings is 1. The van der Waals surface area contributed by atoms with Crippen molar-refractivity contribution < 1.29 is 8.42 Å². The summed E-state index contributed by atoms with van der Waals surface area (Å²) < 4.78 is 25.6. The zero-order valence-electron chi connectivity index (χ0n) is 9.93. The van der Waals surface area contributed by atoms with Gasteiger partial charge in [-0.05, 0) is 31.2 Å². The van der Waals surface area contributed by atoms with Gasteiger partial charge in [-0.3, -0.25) is 0 Å². The largest absolute Gasteiger partial charge is 0.330 e. The van der Waals surface area contributed by atoms with E-state index in [0.717, 1.165) is 0 Å². The van der Waals surface area contributed by atoms with E-state index in [9.17, 15) is 8.42 Å². The molecule has 0 fully saturated rings. The summed E-state index contributed by atoms with van der Waals surface area (Å²) in [7, 11) is -2.16. The topological polar surface area (TPSA) is 87.2 Å². The maximum Gasteiger partial charge on any atom is 0.244 e. The minimum atomic E-state index is -3.63. The number of halogens is 1. The second-order valence-electron chi connectivity index (χ2n) is 3.73. The van der Waals surface area contributed by atoms with Gasteiger partial charge in [0.25, 0.3) is 0 Å². The van der Waals surface area contributed by atoms with Crippen LogP contribution in [0, 0.1) is 11.3 Å². The van der Waals surface area contributed by atoms with Crippen LogP contribution in [0.4, 0.5) is 0 Å². The summed E-state index contributed by atoms with van der Waals surface area (Å²) >= 11 is 5.89. The van der Waals surface area contributed by atoms with Crippen molar-refractivity contribution in [2.45, 2.75) is 11.3 Å². The molecule has 98 valence electrons. The minimum Gasteiger partial charge on any atom is -0.330 e. The molecule has 7 heteroatoms. The molecule has 0 spiro atoms. The zero-order valence-corrected chi connectivity index (χ0v) is 11.5. The number of nitrogens with two attached hydrogens (primary N) is 1. The molecule has 0 saturated carbocycles. The Morgan fingerprint density at radius 1 is 1.50 bits per heavy atom. The van der Waals surface area contributed by atoms with Gasteiger partial charge in [-0.25, -0.2) is 12.7 Å². The average Bonchev–Trinajstić information content (AvgIpc) is 2.35. The quantitative estimate of drug-likeness (QED) is 0.881. The first kappa shape index (κ1) is 14.9. The van der Waals surface area contributed by atoms with Crippen LogP contribution >= 0.6 is 11.6 Å². The Morgan fingerprint density at radius 2 is 2.17 bits per heavy atom. The van der Waals surface area contributed by atoms with Crippen molar-refractivity contribution in [2.24, 2.45) is 5.73 Å². The lowest BCUT2D eigenvalue weighted by molar-refractivity contribution is 0.464. The summed E-state index contributed by atoms with van der Waals surface area (Å²) in [6.45, 7) is 0.746. The molecule has 0 bridgehead atoms. The Bertz CT molecular complexity index is 566. The first-order chi connectivity index (χ1) is 8.43. The van der Waals surface area contributed by atoms with E-state index in [-0.39, 0.29) is 9.92 Å². The lowest BCUT2D eigenvalue weighted by atomic mass is 10.2. The first-order valence-corrected chi connectivity index (χ1v) is 7.11. The van der Waals surface area contributed by atoms with Crippen molar-refractivity contribution >= 4 is 21.6 Å². The molecule has 0 aliphatic heterocycles. The number of sulfonamides is 1. The lowest BCUT2D eigenvalue weighted by Crippen LogP contribution is -2.29. The highest BCUT2D eigenvalue weighted by molar-refractivity contribution is 7.89. The van der Waals surface area contributed by atoms with Crippen molar-refractivity contribution in [3.05, 3.63) is 28.8 Å². The van der Waals surface area contributed by atoms with Gasteiger partial charge in [0.15, 0.2) is 0 Å². The predicted molar refractivity (Wildman–Crippen MR) is 69.7 cm³/mol. The molecular formula is C11H14ClN3O2S. The first-order valence-electron chi connectivity index (χ1n) is 5.29. The molecule has 1 aromatic rings. The van der Waals surface area contributed by atoms with Gasteiger partial charge in [0.05, 0.1) is 16.7 Å². The number of nitriles is 1. The van der Waals surface area contributed by atoms with Crippen LogP contribution in [0.2, 0.25) is 5.02 Å². The third-order valence-electron chi connectivity index (χ3n) is 2.43. The van der Waals surface area contributed by atoms with Gasteiger partial charge in [0.2, 0.25) is 10.0 Å². The maximum absolute atomic E-state index is 12.2. The van der Waals surface area contributed by atoms with Gasteiger partial charge in [0.1, 0.15) is 4.90 Å². The van der Waals surface area contributed by atoms with Gasteiger partial charge < -0.3 is 5.73 Å². The summed E-state index contributed by atoms with van der Waals surface area (Å²) in [5.74, 6) is 0. The molecule has 0 saturated heterocycles. The molecule has 0 atom stereocenters. The summed E-state index contributed by atoms with van der Waals surface area (Å²) in [5, 5.41) is 8.75. The number of nitrogens with zero attached hydrogens (tertiary/aromatic N) is 2. The predicted octanol–water partition coefficient (Wildman–Crippen LogP) is 1.18. The smallest absolute Gasteiger partial charge is 0.244 e. The van der Waals surface area contributed by atoms with E-state index in [0.29, 0.717) is 25.1 Å². The molecule has 0 heterocycles. The van der Waals surface area contributed by atoms with Crippen molar-refractivity contribution in [1.82, 2.24) is 4.31 Å². The van der Waals surface area contributed by atoms with Crippen molar-refractivity contribution in [3.8, 4) is 6.07 Å².